The van der Waals surface area contributed by atoms with E-state index in [1.54, 1.807) is 6.92 Å². The van der Waals surface area contributed by atoms with Crippen LogP contribution in [-0.2, 0) is 9.53 Å². The van der Waals surface area contributed by atoms with Crippen LogP contribution in [0.4, 0.5) is 0 Å². The van der Waals surface area contributed by atoms with Crippen LogP contribution in [0.3, 0.4) is 0 Å². The maximum atomic E-state index is 11.1. The lowest BCUT2D eigenvalue weighted by atomic mass is 10.0. The molecule has 17 heavy (non-hydrogen) atoms. The highest BCUT2D eigenvalue weighted by atomic mass is 16.5. The van der Waals surface area contributed by atoms with Crippen LogP contribution in [0.1, 0.15) is 23.9 Å². The molecule has 0 aliphatic rings. The number of nitrogens with two attached hydrogens (primary N) is 1. The largest absolute Gasteiger partial charge is 0.469 e. The van der Waals surface area contributed by atoms with Crippen molar-refractivity contribution in [2.45, 2.75) is 19.4 Å². The first-order chi connectivity index (χ1) is 8.10. The van der Waals surface area contributed by atoms with Gasteiger partial charge in [-0.15, -0.1) is 0 Å². The van der Waals surface area contributed by atoms with Crippen molar-refractivity contribution in [1.82, 2.24) is 4.98 Å². The molecule has 90 valence electrons. The molecular weight excluding hydrogens is 220 g/mol. The monoisotopic (exact) mass is 234 g/mol. The molecule has 5 heteroatoms. The zero-order chi connectivity index (χ0) is 12.4. The molecule has 1 atom stereocenters. The maximum absolute atomic E-state index is 11.1. The van der Waals surface area contributed by atoms with E-state index in [9.17, 15) is 4.79 Å². The first-order valence-electron chi connectivity index (χ1n) is 5.29. The van der Waals surface area contributed by atoms with E-state index in [-0.39, 0.29) is 18.4 Å². The molecule has 0 aliphatic heterocycles. The summed E-state index contributed by atoms with van der Waals surface area (Å²) in [6.07, 6.45) is 0.152. The van der Waals surface area contributed by atoms with Gasteiger partial charge in [-0.05, 0) is 17.7 Å². The number of hydrogen-bond acceptors (Lipinski definition) is 5. The van der Waals surface area contributed by atoms with Crippen molar-refractivity contribution in [3.05, 3.63) is 29.7 Å². The molecule has 0 saturated carbocycles. The molecule has 1 unspecified atom stereocenters. The van der Waals surface area contributed by atoms with Crippen molar-refractivity contribution >= 4 is 17.1 Å². The Balaban J connectivity index is 2.26. The summed E-state index contributed by atoms with van der Waals surface area (Å²) in [6.45, 7) is 1.79. The lowest BCUT2D eigenvalue weighted by Gasteiger charge is -2.09. The molecule has 0 fully saturated rings. The molecule has 0 aliphatic carbocycles. The van der Waals surface area contributed by atoms with E-state index in [1.807, 2.05) is 18.2 Å². The summed E-state index contributed by atoms with van der Waals surface area (Å²) in [5, 5.41) is 0. The smallest absolute Gasteiger partial charge is 0.307 e. The minimum absolute atomic E-state index is 0.152. The Morgan fingerprint density at radius 1 is 1.59 bits per heavy atom. The van der Waals surface area contributed by atoms with Gasteiger partial charge in [-0.25, -0.2) is 4.98 Å². The molecule has 0 saturated heterocycles. The van der Waals surface area contributed by atoms with Crippen LogP contribution in [0.25, 0.3) is 11.1 Å². The van der Waals surface area contributed by atoms with E-state index in [4.69, 9.17) is 10.2 Å². The van der Waals surface area contributed by atoms with Crippen molar-refractivity contribution in [3.63, 3.8) is 0 Å². The van der Waals surface area contributed by atoms with Crippen LogP contribution >= 0.6 is 0 Å². The van der Waals surface area contributed by atoms with Crippen LogP contribution in [0.5, 0.6) is 0 Å². The molecule has 2 rings (SSSR count). The van der Waals surface area contributed by atoms with Crippen LogP contribution in [-0.4, -0.2) is 18.1 Å². The fourth-order valence-electron chi connectivity index (χ4n) is 1.67. The van der Waals surface area contributed by atoms with Gasteiger partial charge in [0.2, 0.25) is 0 Å². The summed E-state index contributed by atoms with van der Waals surface area (Å²) < 4.78 is 9.94. The van der Waals surface area contributed by atoms with Crippen LogP contribution in [0.2, 0.25) is 0 Å². The van der Waals surface area contributed by atoms with Crippen molar-refractivity contribution in [1.29, 1.82) is 0 Å². The standard InChI is InChI=1S/C12H14N2O3/c1-7-14-10-5-8(3-4-11(10)17-7)9(13)6-12(15)16-2/h3-5,9H,6,13H2,1-2H3. The number of aromatic nitrogens is 1. The molecule has 1 aromatic heterocycles. The average Bonchev–Trinajstić information content (AvgIpc) is 2.67. The topological polar surface area (TPSA) is 78.4 Å². The van der Waals surface area contributed by atoms with Gasteiger partial charge in [0, 0.05) is 13.0 Å². The minimum atomic E-state index is -0.385. The summed E-state index contributed by atoms with van der Waals surface area (Å²) in [4.78, 5) is 15.3. The Morgan fingerprint density at radius 2 is 2.35 bits per heavy atom. The second kappa shape index (κ2) is 4.55. The Kier molecular flexibility index (Phi) is 3.10. The third-order valence-corrected chi connectivity index (χ3v) is 2.56. The quantitative estimate of drug-likeness (QED) is 0.818. The number of carbonyl (C=O) groups excluding carboxylic acids is 1. The molecule has 2 N–H and O–H groups in total. The molecular formula is C12H14N2O3. The first-order valence-corrected chi connectivity index (χ1v) is 5.29. The van der Waals surface area contributed by atoms with Gasteiger partial charge in [-0.3, -0.25) is 4.79 Å². The van der Waals surface area contributed by atoms with E-state index < -0.39 is 0 Å². The Bertz CT molecular complexity index is 548. The highest BCUT2D eigenvalue weighted by molar-refractivity contribution is 5.74. The fraction of sp³-hybridized carbons (Fsp3) is 0.333. The molecule has 2 aromatic rings. The third-order valence-electron chi connectivity index (χ3n) is 2.56. The van der Waals surface area contributed by atoms with Crippen LogP contribution in [0, 0.1) is 6.92 Å². The molecule has 0 amide bonds. The van der Waals surface area contributed by atoms with Crippen molar-refractivity contribution in [2.75, 3.05) is 7.11 Å². The number of oxazole rings is 1. The van der Waals surface area contributed by atoms with E-state index in [2.05, 4.69) is 9.72 Å². The normalized spacial score (nSPS) is 12.6. The number of esters is 1. The Hall–Kier alpha value is -1.88. The second-order valence-corrected chi connectivity index (χ2v) is 3.85. The van der Waals surface area contributed by atoms with E-state index >= 15 is 0 Å². The SMILES string of the molecule is COC(=O)CC(N)c1ccc2oc(C)nc2c1. The van der Waals surface area contributed by atoms with Crippen molar-refractivity contribution < 1.29 is 13.9 Å². The average molecular weight is 234 g/mol. The predicted octanol–water partition coefficient (Wildman–Crippen LogP) is 1.70. The summed E-state index contributed by atoms with van der Waals surface area (Å²) >= 11 is 0. The lowest BCUT2D eigenvalue weighted by molar-refractivity contribution is -0.141. The highest BCUT2D eigenvalue weighted by Gasteiger charge is 2.13. The van der Waals surface area contributed by atoms with Gasteiger partial charge in [0.05, 0.1) is 13.5 Å². The second-order valence-electron chi connectivity index (χ2n) is 3.85. The number of aryl methyl sites for hydroxylation is 1. The number of fused-ring (bicyclic) bond motifs is 1. The van der Waals surface area contributed by atoms with Gasteiger partial charge < -0.3 is 14.9 Å². The zero-order valence-corrected chi connectivity index (χ0v) is 9.77. The molecule has 5 nitrogen and oxygen atoms in total. The van der Waals surface area contributed by atoms with Gasteiger partial charge >= 0.3 is 5.97 Å². The molecule has 0 radical (unpaired) electrons. The van der Waals surface area contributed by atoms with Gasteiger partial charge in [0.25, 0.3) is 0 Å². The summed E-state index contributed by atoms with van der Waals surface area (Å²) in [6, 6.07) is 5.09. The van der Waals surface area contributed by atoms with Crippen molar-refractivity contribution in [2.24, 2.45) is 5.73 Å². The number of hydrogen-bond donors (Lipinski definition) is 1. The summed E-state index contributed by atoms with van der Waals surface area (Å²) in [5.41, 5.74) is 8.22. The molecule has 0 spiro atoms. The maximum Gasteiger partial charge on any atom is 0.307 e. The summed E-state index contributed by atoms with van der Waals surface area (Å²) in [7, 11) is 1.35. The molecule has 1 heterocycles. The number of carbonyl (C=O) groups is 1. The fourth-order valence-corrected chi connectivity index (χ4v) is 1.67. The van der Waals surface area contributed by atoms with Gasteiger partial charge in [-0.2, -0.15) is 0 Å². The first kappa shape index (κ1) is 11.6. The minimum Gasteiger partial charge on any atom is -0.469 e. The number of benzene rings is 1. The summed E-state index contributed by atoms with van der Waals surface area (Å²) in [5.74, 6) is 0.285. The van der Waals surface area contributed by atoms with E-state index in [1.165, 1.54) is 7.11 Å². The number of rotatable bonds is 3. The zero-order valence-electron chi connectivity index (χ0n) is 9.77. The number of methoxy groups -OCH3 is 1. The third kappa shape index (κ3) is 2.45. The highest BCUT2D eigenvalue weighted by Crippen LogP contribution is 2.21. The molecule has 1 aromatic carbocycles. The Labute approximate surface area is 98.6 Å². The van der Waals surface area contributed by atoms with Gasteiger partial charge in [0.1, 0.15) is 5.52 Å². The Morgan fingerprint density at radius 3 is 3.06 bits per heavy atom. The molecule has 0 bridgehead atoms. The van der Waals surface area contributed by atoms with E-state index in [0.717, 1.165) is 16.7 Å². The van der Waals surface area contributed by atoms with Crippen LogP contribution in [0.15, 0.2) is 22.6 Å². The number of nitrogens with zero attached hydrogens (tertiary/aromatic N) is 1. The number of ether oxygens (including phenoxy) is 1. The van der Waals surface area contributed by atoms with Crippen molar-refractivity contribution in [3.8, 4) is 0 Å². The lowest BCUT2D eigenvalue weighted by Crippen LogP contribution is -2.16. The van der Waals surface area contributed by atoms with Crippen LogP contribution < -0.4 is 5.73 Å². The predicted molar refractivity (Wildman–Crippen MR) is 62.3 cm³/mol. The van der Waals surface area contributed by atoms with Gasteiger partial charge in [-0.1, -0.05) is 6.07 Å². The van der Waals surface area contributed by atoms with E-state index in [0.29, 0.717) is 5.89 Å². The van der Waals surface area contributed by atoms with Gasteiger partial charge in [0.15, 0.2) is 11.5 Å².